The summed E-state index contributed by atoms with van der Waals surface area (Å²) < 4.78 is 15.7. The van der Waals surface area contributed by atoms with Crippen LogP contribution in [0.15, 0.2) is 0 Å². The molecule has 1 atom stereocenters. The molecule has 0 fully saturated rings. The van der Waals surface area contributed by atoms with Gasteiger partial charge in [-0.3, -0.25) is 0 Å². The molecule has 14 heavy (non-hydrogen) atoms. The number of methoxy groups -OCH3 is 1. The van der Waals surface area contributed by atoms with Gasteiger partial charge < -0.3 is 19.9 Å². The normalized spacial score (nSPS) is 15.4. The molecule has 0 spiro atoms. The molecule has 0 aliphatic heterocycles. The van der Waals surface area contributed by atoms with E-state index in [-0.39, 0.29) is 5.60 Å². The van der Waals surface area contributed by atoms with Gasteiger partial charge in [0.1, 0.15) is 0 Å². The minimum absolute atomic E-state index is 0.204. The fourth-order valence-corrected chi connectivity index (χ4v) is 0.897. The summed E-state index contributed by atoms with van der Waals surface area (Å²) in [6, 6.07) is 0. The summed E-state index contributed by atoms with van der Waals surface area (Å²) in [4.78, 5) is 0. The molecule has 0 amide bonds. The molecule has 0 aromatic carbocycles. The van der Waals surface area contributed by atoms with Crippen molar-refractivity contribution in [1.29, 1.82) is 0 Å². The van der Waals surface area contributed by atoms with Crippen molar-refractivity contribution in [3.63, 3.8) is 0 Å². The fraction of sp³-hybridized carbons (Fsp3) is 1.00. The first kappa shape index (κ1) is 13.8. The van der Waals surface area contributed by atoms with Gasteiger partial charge in [-0.15, -0.1) is 0 Å². The van der Waals surface area contributed by atoms with Crippen LogP contribution in [0.3, 0.4) is 0 Å². The molecule has 4 heteroatoms. The van der Waals surface area contributed by atoms with Crippen molar-refractivity contribution < 1.29 is 14.2 Å². The molecule has 0 radical (unpaired) electrons. The molecule has 0 saturated carbocycles. The quantitative estimate of drug-likeness (QED) is 0.565. The van der Waals surface area contributed by atoms with E-state index in [0.717, 1.165) is 6.42 Å². The van der Waals surface area contributed by atoms with Crippen LogP contribution >= 0.6 is 0 Å². The maximum absolute atomic E-state index is 5.62. The lowest BCUT2D eigenvalue weighted by Crippen LogP contribution is -2.37. The Morgan fingerprint density at radius 1 is 1.14 bits per heavy atom. The van der Waals surface area contributed by atoms with E-state index in [0.29, 0.717) is 33.0 Å². The maximum Gasteiger partial charge on any atom is 0.0774 e. The zero-order valence-electron chi connectivity index (χ0n) is 9.54. The van der Waals surface area contributed by atoms with Gasteiger partial charge in [0, 0.05) is 13.7 Å². The number of hydrogen-bond acceptors (Lipinski definition) is 4. The van der Waals surface area contributed by atoms with Gasteiger partial charge in [0.2, 0.25) is 0 Å². The molecule has 0 heterocycles. The van der Waals surface area contributed by atoms with Crippen LogP contribution in [0.1, 0.15) is 20.3 Å². The van der Waals surface area contributed by atoms with Crippen molar-refractivity contribution in [3.05, 3.63) is 0 Å². The van der Waals surface area contributed by atoms with Crippen LogP contribution in [0, 0.1) is 0 Å². The topological polar surface area (TPSA) is 53.7 Å². The van der Waals surface area contributed by atoms with Gasteiger partial charge in [-0.05, 0) is 13.3 Å². The van der Waals surface area contributed by atoms with E-state index in [1.54, 1.807) is 7.11 Å². The molecule has 0 bridgehead atoms. The van der Waals surface area contributed by atoms with Gasteiger partial charge >= 0.3 is 0 Å². The van der Waals surface area contributed by atoms with Crippen LogP contribution in [-0.2, 0) is 14.2 Å². The van der Waals surface area contributed by atoms with Gasteiger partial charge in [-0.1, -0.05) is 6.92 Å². The monoisotopic (exact) mass is 205 g/mol. The van der Waals surface area contributed by atoms with Crippen molar-refractivity contribution in [1.82, 2.24) is 0 Å². The predicted molar refractivity (Wildman–Crippen MR) is 56.4 cm³/mol. The highest BCUT2D eigenvalue weighted by atomic mass is 16.5. The van der Waals surface area contributed by atoms with Gasteiger partial charge in [0.25, 0.3) is 0 Å². The minimum atomic E-state index is -0.204. The third-order valence-corrected chi connectivity index (χ3v) is 2.29. The molecule has 0 rings (SSSR count). The van der Waals surface area contributed by atoms with Crippen molar-refractivity contribution in [2.24, 2.45) is 5.73 Å². The first-order valence-corrected chi connectivity index (χ1v) is 5.09. The molecular formula is C10H23NO3. The fourth-order valence-electron chi connectivity index (χ4n) is 0.897. The summed E-state index contributed by atoms with van der Waals surface area (Å²) in [6.45, 7) is 7.06. The molecule has 86 valence electrons. The summed E-state index contributed by atoms with van der Waals surface area (Å²) in [5, 5.41) is 0. The maximum atomic E-state index is 5.62. The highest BCUT2D eigenvalue weighted by Gasteiger charge is 2.19. The second-order valence-corrected chi connectivity index (χ2v) is 3.46. The van der Waals surface area contributed by atoms with Crippen LogP contribution in [0.25, 0.3) is 0 Å². The smallest absolute Gasteiger partial charge is 0.0774 e. The van der Waals surface area contributed by atoms with E-state index >= 15 is 0 Å². The van der Waals surface area contributed by atoms with E-state index in [9.17, 15) is 0 Å². The standard InChI is InChI=1S/C10H23NO3/c1-4-10(2,9-11)14-8-7-13-6-5-12-3/h4-9,11H2,1-3H3. The van der Waals surface area contributed by atoms with E-state index in [1.165, 1.54) is 0 Å². The molecular weight excluding hydrogens is 182 g/mol. The highest BCUT2D eigenvalue weighted by molar-refractivity contribution is 4.73. The third kappa shape index (κ3) is 6.32. The zero-order chi connectivity index (χ0) is 10.9. The third-order valence-electron chi connectivity index (χ3n) is 2.29. The number of rotatable bonds is 9. The molecule has 0 aromatic rings. The average Bonchev–Trinajstić information content (AvgIpc) is 2.23. The molecule has 4 nitrogen and oxygen atoms in total. The Morgan fingerprint density at radius 2 is 1.79 bits per heavy atom. The lowest BCUT2D eigenvalue weighted by Gasteiger charge is -2.26. The van der Waals surface area contributed by atoms with Crippen LogP contribution in [0.5, 0.6) is 0 Å². The largest absolute Gasteiger partial charge is 0.382 e. The van der Waals surface area contributed by atoms with E-state index in [2.05, 4.69) is 6.92 Å². The lowest BCUT2D eigenvalue weighted by molar-refractivity contribution is -0.0570. The number of nitrogens with two attached hydrogens (primary N) is 1. The van der Waals surface area contributed by atoms with Crippen LogP contribution in [0.2, 0.25) is 0 Å². The Kier molecular flexibility index (Phi) is 8.08. The Balaban J connectivity index is 3.34. The minimum Gasteiger partial charge on any atom is -0.382 e. The Labute approximate surface area is 86.7 Å². The SMILES string of the molecule is CCC(C)(CN)OCCOCCOC. The molecule has 1 unspecified atom stereocenters. The van der Waals surface area contributed by atoms with Gasteiger partial charge in [-0.2, -0.15) is 0 Å². The summed E-state index contributed by atoms with van der Waals surface area (Å²) in [5.74, 6) is 0. The van der Waals surface area contributed by atoms with Crippen molar-refractivity contribution in [2.45, 2.75) is 25.9 Å². The Hall–Kier alpha value is -0.160. The van der Waals surface area contributed by atoms with Gasteiger partial charge in [0.05, 0.1) is 32.0 Å². The molecule has 0 aliphatic rings. The second kappa shape index (κ2) is 8.17. The highest BCUT2D eigenvalue weighted by Crippen LogP contribution is 2.12. The summed E-state index contributed by atoms with van der Waals surface area (Å²) in [7, 11) is 1.66. The molecule has 0 saturated heterocycles. The van der Waals surface area contributed by atoms with Gasteiger partial charge in [-0.25, -0.2) is 0 Å². The Morgan fingerprint density at radius 3 is 2.29 bits per heavy atom. The van der Waals surface area contributed by atoms with Crippen LogP contribution < -0.4 is 5.73 Å². The summed E-state index contributed by atoms with van der Waals surface area (Å²) in [6.07, 6.45) is 0.918. The first-order chi connectivity index (χ1) is 6.68. The second-order valence-electron chi connectivity index (χ2n) is 3.46. The van der Waals surface area contributed by atoms with E-state index in [4.69, 9.17) is 19.9 Å². The van der Waals surface area contributed by atoms with Gasteiger partial charge in [0.15, 0.2) is 0 Å². The predicted octanol–water partition coefficient (Wildman–Crippen LogP) is 0.793. The molecule has 0 aromatic heterocycles. The summed E-state index contributed by atoms with van der Waals surface area (Å²) in [5.41, 5.74) is 5.39. The van der Waals surface area contributed by atoms with Crippen LogP contribution in [-0.4, -0.2) is 45.7 Å². The average molecular weight is 205 g/mol. The first-order valence-electron chi connectivity index (χ1n) is 5.09. The van der Waals surface area contributed by atoms with Crippen molar-refractivity contribution in [2.75, 3.05) is 40.1 Å². The van der Waals surface area contributed by atoms with E-state index < -0.39 is 0 Å². The lowest BCUT2D eigenvalue weighted by atomic mass is 10.0. The zero-order valence-corrected chi connectivity index (χ0v) is 9.54. The number of hydrogen-bond donors (Lipinski definition) is 1. The summed E-state index contributed by atoms with van der Waals surface area (Å²) >= 11 is 0. The molecule has 2 N–H and O–H groups in total. The van der Waals surface area contributed by atoms with E-state index in [1.807, 2.05) is 6.92 Å². The van der Waals surface area contributed by atoms with Crippen LogP contribution in [0.4, 0.5) is 0 Å². The van der Waals surface area contributed by atoms with Crippen molar-refractivity contribution in [3.8, 4) is 0 Å². The number of ether oxygens (including phenoxy) is 3. The Bertz CT molecular complexity index is 127. The van der Waals surface area contributed by atoms with Crippen molar-refractivity contribution >= 4 is 0 Å². The molecule has 0 aliphatic carbocycles.